The van der Waals surface area contributed by atoms with Crippen molar-refractivity contribution in [1.82, 2.24) is 10.6 Å². The van der Waals surface area contributed by atoms with Gasteiger partial charge in [-0.15, -0.1) is 0 Å². The van der Waals surface area contributed by atoms with Crippen LogP contribution in [0, 0.1) is 0 Å². The summed E-state index contributed by atoms with van der Waals surface area (Å²) in [6.07, 6.45) is 3.68. The third-order valence-electron chi connectivity index (χ3n) is 0.772. The third-order valence-corrected chi connectivity index (χ3v) is 0.772. The highest BCUT2D eigenvalue weighted by Crippen LogP contribution is 1.80. The lowest BCUT2D eigenvalue weighted by Crippen LogP contribution is -2.02. The minimum absolute atomic E-state index is 0.902. The quantitative estimate of drug-likeness (QED) is 0.518. The van der Waals surface area contributed by atoms with Crippen LogP contribution in [0.5, 0.6) is 0 Å². The first-order valence-corrected chi connectivity index (χ1v) is 2.51. The van der Waals surface area contributed by atoms with Crippen LogP contribution in [-0.2, 0) is 0 Å². The predicted octanol–water partition coefficient (Wildman–Crippen LogP) is 0.453. The Morgan fingerprint density at radius 1 is 1.50 bits per heavy atom. The summed E-state index contributed by atoms with van der Waals surface area (Å²) < 4.78 is 0. The minimum atomic E-state index is 0.902. The molecule has 0 aromatic heterocycles. The van der Waals surface area contributed by atoms with Crippen molar-refractivity contribution in [3.8, 4) is 0 Å². The lowest BCUT2D eigenvalue weighted by atomic mass is 10.5. The Labute approximate surface area is 50.3 Å². The molecule has 0 aliphatic carbocycles. The maximum Gasteiger partial charge on any atom is 0.0278 e. The zero-order valence-electron chi connectivity index (χ0n) is 5.36. The lowest BCUT2D eigenvalue weighted by Gasteiger charge is -1.93. The van der Waals surface area contributed by atoms with Crippen molar-refractivity contribution in [1.29, 1.82) is 0 Å². The summed E-state index contributed by atoms with van der Waals surface area (Å²) in [6, 6.07) is 0. The van der Waals surface area contributed by atoms with Gasteiger partial charge in [-0.25, -0.2) is 0 Å². The molecule has 0 unspecified atom stereocenters. The van der Waals surface area contributed by atoms with Gasteiger partial charge in [0.25, 0.3) is 0 Å². The molecular formula is C6H12N2. The molecule has 0 amide bonds. The number of hydrogen-bond acceptors (Lipinski definition) is 2. The highest BCUT2D eigenvalue weighted by Gasteiger charge is 1.73. The number of nitrogens with one attached hydrogen (secondary N) is 2. The molecule has 0 aliphatic rings. The maximum atomic E-state index is 3.67. The lowest BCUT2D eigenvalue weighted by molar-refractivity contribution is 1.02. The molecule has 2 N–H and O–H groups in total. The minimum Gasteiger partial charge on any atom is -0.394 e. The summed E-state index contributed by atoms with van der Waals surface area (Å²) in [4.78, 5) is 0. The van der Waals surface area contributed by atoms with Crippen LogP contribution in [0.3, 0.4) is 0 Å². The van der Waals surface area contributed by atoms with Crippen LogP contribution >= 0.6 is 0 Å². The molecule has 2 nitrogen and oxygen atoms in total. The van der Waals surface area contributed by atoms with E-state index in [1.54, 1.807) is 0 Å². The van der Waals surface area contributed by atoms with Crippen LogP contribution in [0.2, 0.25) is 0 Å². The van der Waals surface area contributed by atoms with Crippen LogP contribution in [0.4, 0.5) is 0 Å². The van der Waals surface area contributed by atoms with Crippen LogP contribution in [0.15, 0.2) is 24.6 Å². The molecule has 0 fully saturated rings. The Balaban J connectivity index is 3.37. The summed E-state index contributed by atoms with van der Waals surface area (Å²) >= 11 is 0. The summed E-state index contributed by atoms with van der Waals surface area (Å²) in [6.45, 7) is 3.67. The van der Waals surface area contributed by atoms with Gasteiger partial charge < -0.3 is 10.6 Å². The molecule has 0 aromatic carbocycles. The molecule has 0 heterocycles. The van der Waals surface area contributed by atoms with Crippen molar-refractivity contribution < 1.29 is 0 Å². The molecule has 0 atom stereocenters. The molecular weight excluding hydrogens is 100 g/mol. The second-order valence-electron chi connectivity index (χ2n) is 1.40. The highest BCUT2D eigenvalue weighted by atomic mass is 14.8. The summed E-state index contributed by atoms with van der Waals surface area (Å²) in [7, 11) is 3.68. The summed E-state index contributed by atoms with van der Waals surface area (Å²) in [5, 5.41) is 5.73. The van der Waals surface area contributed by atoms with Gasteiger partial charge in [0.15, 0.2) is 0 Å². The topological polar surface area (TPSA) is 24.1 Å². The highest BCUT2D eigenvalue weighted by molar-refractivity contribution is 5.10. The Morgan fingerprint density at radius 2 is 2.12 bits per heavy atom. The molecule has 0 saturated heterocycles. The zero-order valence-corrected chi connectivity index (χ0v) is 5.36. The van der Waals surface area contributed by atoms with Gasteiger partial charge in [0.1, 0.15) is 0 Å². The van der Waals surface area contributed by atoms with E-state index in [1.165, 1.54) is 0 Å². The third kappa shape index (κ3) is 3.28. The van der Waals surface area contributed by atoms with Gasteiger partial charge in [0.05, 0.1) is 0 Å². The molecule has 0 aliphatic heterocycles. The SMILES string of the molecule is C=C(/C=C/NC)NC. The molecule has 0 bridgehead atoms. The van der Waals surface area contributed by atoms with Gasteiger partial charge in [0.2, 0.25) is 0 Å². The van der Waals surface area contributed by atoms with E-state index in [-0.39, 0.29) is 0 Å². The van der Waals surface area contributed by atoms with E-state index in [0.29, 0.717) is 0 Å². The predicted molar refractivity (Wildman–Crippen MR) is 36.4 cm³/mol. The number of hydrogen-bond donors (Lipinski definition) is 2. The fourth-order valence-corrected chi connectivity index (χ4v) is 0.267. The average molecular weight is 112 g/mol. The maximum absolute atomic E-state index is 3.67. The monoisotopic (exact) mass is 112 g/mol. The van der Waals surface area contributed by atoms with Crippen LogP contribution < -0.4 is 10.6 Å². The first-order valence-electron chi connectivity index (χ1n) is 2.51. The normalized spacial score (nSPS) is 9.25. The molecule has 0 spiro atoms. The molecule has 2 heteroatoms. The van der Waals surface area contributed by atoms with Crippen molar-refractivity contribution in [2.24, 2.45) is 0 Å². The molecule has 0 radical (unpaired) electrons. The van der Waals surface area contributed by atoms with E-state index in [2.05, 4.69) is 17.2 Å². The number of likely N-dealkylation sites (N-methyl/N-ethyl adjacent to an activating group) is 1. The Kier molecular flexibility index (Phi) is 3.76. The number of rotatable bonds is 3. The van der Waals surface area contributed by atoms with E-state index >= 15 is 0 Å². The Bertz CT molecular complexity index is 94.7. The first-order chi connectivity index (χ1) is 3.81. The van der Waals surface area contributed by atoms with Gasteiger partial charge >= 0.3 is 0 Å². The van der Waals surface area contributed by atoms with Gasteiger partial charge in [0, 0.05) is 19.8 Å². The summed E-state index contributed by atoms with van der Waals surface area (Å²) in [5.41, 5.74) is 0.902. The van der Waals surface area contributed by atoms with Gasteiger partial charge in [-0.3, -0.25) is 0 Å². The van der Waals surface area contributed by atoms with E-state index in [9.17, 15) is 0 Å². The van der Waals surface area contributed by atoms with E-state index in [0.717, 1.165) is 5.70 Å². The second kappa shape index (κ2) is 4.24. The smallest absolute Gasteiger partial charge is 0.0278 e. The fraction of sp³-hybridized carbons (Fsp3) is 0.333. The Morgan fingerprint density at radius 3 is 2.50 bits per heavy atom. The van der Waals surface area contributed by atoms with Gasteiger partial charge in [-0.1, -0.05) is 6.58 Å². The van der Waals surface area contributed by atoms with Crippen LogP contribution in [0.1, 0.15) is 0 Å². The van der Waals surface area contributed by atoms with Crippen molar-refractivity contribution in [3.05, 3.63) is 24.6 Å². The second-order valence-corrected chi connectivity index (χ2v) is 1.40. The van der Waals surface area contributed by atoms with Gasteiger partial charge in [-0.2, -0.15) is 0 Å². The first kappa shape index (κ1) is 7.08. The van der Waals surface area contributed by atoms with E-state index in [4.69, 9.17) is 0 Å². The Hall–Kier alpha value is -0.920. The van der Waals surface area contributed by atoms with Crippen molar-refractivity contribution in [3.63, 3.8) is 0 Å². The largest absolute Gasteiger partial charge is 0.394 e. The average Bonchev–Trinajstić information content (AvgIpc) is 1.83. The van der Waals surface area contributed by atoms with E-state index < -0.39 is 0 Å². The van der Waals surface area contributed by atoms with E-state index in [1.807, 2.05) is 26.4 Å². The summed E-state index contributed by atoms with van der Waals surface area (Å²) in [5.74, 6) is 0. The molecule has 46 valence electrons. The van der Waals surface area contributed by atoms with Crippen LogP contribution in [0.25, 0.3) is 0 Å². The van der Waals surface area contributed by atoms with Crippen molar-refractivity contribution >= 4 is 0 Å². The molecule has 0 aromatic rings. The van der Waals surface area contributed by atoms with Crippen LogP contribution in [-0.4, -0.2) is 14.1 Å². The zero-order chi connectivity index (χ0) is 6.41. The molecule has 0 saturated carbocycles. The molecule has 0 rings (SSSR count). The fourth-order valence-electron chi connectivity index (χ4n) is 0.267. The van der Waals surface area contributed by atoms with Crippen molar-refractivity contribution in [2.75, 3.05) is 14.1 Å². The van der Waals surface area contributed by atoms with Gasteiger partial charge in [-0.05, 0) is 12.3 Å². The molecule has 8 heavy (non-hydrogen) atoms. The standard InChI is InChI=1S/C6H12N2/c1-6(8-3)4-5-7-2/h4-5,7-8H,1H2,2-3H3/b5-4+. The number of allylic oxidation sites excluding steroid dienone is 1. The van der Waals surface area contributed by atoms with Crippen molar-refractivity contribution in [2.45, 2.75) is 0 Å².